The molecule has 0 saturated carbocycles. The number of aryl methyl sites for hydroxylation is 1. The molecule has 0 aliphatic rings. The van der Waals surface area contributed by atoms with Gasteiger partial charge in [-0.3, -0.25) is 4.57 Å². The first kappa shape index (κ1) is 7.98. The predicted octanol–water partition coefficient (Wildman–Crippen LogP) is -0.235. The molecule has 2 rings (SSSR count). The summed E-state index contributed by atoms with van der Waals surface area (Å²) >= 11 is 0. The Morgan fingerprint density at radius 2 is 1.92 bits per heavy atom. The van der Waals surface area contributed by atoms with Crippen LogP contribution in [0.15, 0.2) is 24.9 Å². The Labute approximate surface area is 77.1 Å². The zero-order valence-corrected chi connectivity index (χ0v) is 7.18. The van der Waals surface area contributed by atoms with Crippen LogP contribution in [0.1, 0.15) is 5.69 Å². The molecule has 0 bridgehead atoms. The molecule has 0 unspecified atom stereocenters. The van der Waals surface area contributed by atoms with Gasteiger partial charge in [-0.25, -0.2) is 15.0 Å². The van der Waals surface area contributed by atoms with Crippen molar-refractivity contribution in [1.29, 1.82) is 0 Å². The summed E-state index contributed by atoms with van der Waals surface area (Å²) in [7, 11) is 5.46. The molecule has 0 spiro atoms. The van der Waals surface area contributed by atoms with Crippen LogP contribution in [-0.2, 0) is 0 Å². The van der Waals surface area contributed by atoms with Crippen LogP contribution >= 0.6 is 0 Å². The van der Waals surface area contributed by atoms with Crippen molar-refractivity contribution in [2.45, 2.75) is 6.92 Å². The van der Waals surface area contributed by atoms with Crippen molar-refractivity contribution in [2.24, 2.45) is 0 Å². The van der Waals surface area contributed by atoms with Crippen molar-refractivity contribution in [3.8, 4) is 5.95 Å². The van der Waals surface area contributed by atoms with Crippen LogP contribution in [0.25, 0.3) is 5.95 Å². The minimum Gasteiger partial charge on any atom is -0.274 e. The molecular formula is C8H7BN4. The van der Waals surface area contributed by atoms with Crippen LogP contribution in [0.4, 0.5) is 0 Å². The fraction of sp³-hybridized carbons (Fsp3) is 0.125. The third-order valence-corrected chi connectivity index (χ3v) is 1.60. The fourth-order valence-electron chi connectivity index (χ4n) is 0.995. The van der Waals surface area contributed by atoms with Crippen molar-refractivity contribution in [3.63, 3.8) is 0 Å². The topological polar surface area (TPSA) is 43.6 Å². The highest BCUT2D eigenvalue weighted by Crippen LogP contribution is 1.99. The number of hydrogen-bond acceptors (Lipinski definition) is 3. The Kier molecular flexibility index (Phi) is 1.85. The SMILES string of the molecule is [B]c1cnc(-n2cnc(C)c2)nc1. The molecule has 13 heavy (non-hydrogen) atoms. The molecule has 2 aromatic rings. The molecule has 0 aliphatic heterocycles. The van der Waals surface area contributed by atoms with Gasteiger partial charge in [-0.15, -0.1) is 0 Å². The Morgan fingerprint density at radius 3 is 2.46 bits per heavy atom. The largest absolute Gasteiger partial charge is 0.274 e. The van der Waals surface area contributed by atoms with Gasteiger partial charge in [0, 0.05) is 18.6 Å². The summed E-state index contributed by atoms with van der Waals surface area (Å²) < 4.78 is 1.74. The number of aromatic nitrogens is 4. The summed E-state index contributed by atoms with van der Waals surface area (Å²) in [6.45, 7) is 1.91. The molecule has 0 fully saturated rings. The lowest BCUT2D eigenvalue weighted by Crippen LogP contribution is -2.08. The van der Waals surface area contributed by atoms with Crippen LogP contribution in [0.5, 0.6) is 0 Å². The average molecular weight is 170 g/mol. The van der Waals surface area contributed by atoms with Gasteiger partial charge >= 0.3 is 0 Å². The van der Waals surface area contributed by atoms with E-state index in [2.05, 4.69) is 15.0 Å². The van der Waals surface area contributed by atoms with Gasteiger partial charge in [0.15, 0.2) is 0 Å². The molecule has 2 aromatic heterocycles. The number of imidazole rings is 1. The Bertz CT molecular complexity index is 406. The molecule has 62 valence electrons. The van der Waals surface area contributed by atoms with Crippen molar-refractivity contribution < 1.29 is 0 Å². The number of nitrogens with zero attached hydrogens (tertiary/aromatic N) is 4. The second kappa shape index (κ2) is 3.01. The summed E-state index contributed by atoms with van der Waals surface area (Å²) in [5.74, 6) is 0.579. The second-order valence-corrected chi connectivity index (χ2v) is 2.74. The molecule has 0 saturated heterocycles. The minimum absolute atomic E-state index is 0.556. The first-order chi connectivity index (χ1) is 6.25. The number of hydrogen-bond donors (Lipinski definition) is 0. The lowest BCUT2D eigenvalue weighted by atomic mass is 10.0. The zero-order chi connectivity index (χ0) is 9.26. The van der Waals surface area contributed by atoms with Crippen molar-refractivity contribution in [1.82, 2.24) is 19.5 Å². The highest BCUT2D eigenvalue weighted by Gasteiger charge is 1.98. The Balaban J connectivity index is 2.41. The standard InChI is InChI=1S/C8H7BN4/c1-6-4-13(5-12-6)8-10-2-7(9)3-11-8/h2-5H,1H3. The molecule has 0 N–H and O–H groups in total. The smallest absolute Gasteiger partial charge is 0.234 e. The van der Waals surface area contributed by atoms with Gasteiger partial charge in [-0.2, -0.15) is 0 Å². The van der Waals surface area contributed by atoms with Crippen molar-refractivity contribution >= 4 is 13.3 Å². The molecular weight excluding hydrogens is 163 g/mol. The minimum atomic E-state index is 0.556. The maximum absolute atomic E-state index is 5.46. The summed E-state index contributed by atoms with van der Waals surface area (Å²) in [4.78, 5) is 12.2. The summed E-state index contributed by atoms with van der Waals surface area (Å²) in [6.07, 6.45) is 6.65. The lowest BCUT2D eigenvalue weighted by molar-refractivity contribution is 0.929. The van der Waals surface area contributed by atoms with E-state index < -0.39 is 0 Å². The van der Waals surface area contributed by atoms with Gasteiger partial charge in [0.2, 0.25) is 5.95 Å². The number of rotatable bonds is 1. The molecule has 5 heteroatoms. The summed E-state index contributed by atoms with van der Waals surface area (Å²) in [5, 5.41) is 0. The van der Waals surface area contributed by atoms with Crippen LogP contribution in [0, 0.1) is 6.92 Å². The van der Waals surface area contributed by atoms with Crippen LogP contribution in [-0.4, -0.2) is 27.4 Å². The molecule has 0 amide bonds. The van der Waals surface area contributed by atoms with E-state index in [1.807, 2.05) is 13.1 Å². The first-order valence-electron chi connectivity index (χ1n) is 3.84. The van der Waals surface area contributed by atoms with E-state index in [-0.39, 0.29) is 0 Å². The second-order valence-electron chi connectivity index (χ2n) is 2.74. The van der Waals surface area contributed by atoms with E-state index in [0.29, 0.717) is 11.4 Å². The zero-order valence-electron chi connectivity index (χ0n) is 7.18. The normalized spacial score (nSPS) is 10.2. The monoisotopic (exact) mass is 170 g/mol. The van der Waals surface area contributed by atoms with Crippen LogP contribution in [0.2, 0.25) is 0 Å². The van der Waals surface area contributed by atoms with E-state index in [0.717, 1.165) is 5.69 Å². The Hall–Kier alpha value is -1.65. The van der Waals surface area contributed by atoms with Crippen molar-refractivity contribution in [3.05, 3.63) is 30.6 Å². The van der Waals surface area contributed by atoms with Crippen LogP contribution < -0.4 is 5.46 Å². The van der Waals surface area contributed by atoms with Gasteiger partial charge in [0.1, 0.15) is 14.2 Å². The Morgan fingerprint density at radius 1 is 1.23 bits per heavy atom. The van der Waals surface area contributed by atoms with Gasteiger partial charge in [-0.1, -0.05) is 5.46 Å². The van der Waals surface area contributed by atoms with Crippen LogP contribution in [0.3, 0.4) is 0 Å². The molecule has 0 atom stereocenters. The van der Waals surface area contributed by atoms with E-state index in [9.17, 15) is 0 Å². The van der Waals surface area contributed by atoms with E-state index in [1.165, 1.54) is 0 Å². The molecule has 0 aliphatic carbocycles. The maximum Gasteiger partial charge on any atom is 0.234 e. The third-order valence-electron chi connectivity index (χ3n) is 1.60. The fourth-order valence-corrected chi connectivity index (χ4v) is 0.995. The van der Waals surface area contributed by atoms with E-state index in [1.54, 1.807) is 23.3 Å². The van der Waals surface area contributed by atoms with Gasteiger partial charge in [-0.05, 0) is 6.92 Å². The van der Waals surface area contributed by atoms with Gasteiger partial charge < -0.3 is 0 Å². The summed E-state index contributed by atoms with van der Waals surface area (Å²) in [5.41, 5.74) is 1.49. The molecule has 2 radical (unpaired) electrons. The lowest BCUT2D eigenvalue weighted by Gasteiger charge is -1.98. The van der Waals surface area contributed by atoms with Gasteiger partial charge in [0.05, 0.1) is 5.69 Å². The van der Waals surface area contributed by atoms with E-state index in [4.69, 9.17) is 7.85 Å². The average Bonchev–Trinajstić information content (AvgIpc) is 2.53. The highest BCUT2D eigenvalue weighted by molar-refractivity contribution is 6.31. The van der Waals surface area contributed by atoms with Gasteiger partial charge in [0.25, 0.3) is 0 Å². The van der Waals surface area contributed by atoms with Crippen molar-refractivity contribution in [2.75, 3.05) is 0 Å². The summed E-state index contributed by atoms with van der Waals surface area (Å²) in [6, 6.07) is 0. The molecule has 2 heterocycles. The molecule has 0 aromatic carbocycles. The quantitative estimate of drug-likeness (QED) is 0.555. The first-order valence-corrected chi connectivity index (χ1v) is 3.84. The third kappa shape index (κ3) is 1.59. The van der Waals surface area contributed by atoms with E-state index >= 15 is 0 Å². The predicted molar refractivity (Wildman–Crippen MR) is 49.3 cm³/mol. The maximum atomic E-state index is 5.46. The highest BCUT2D eigenvalue weighted by atomic mass is 15.2. The molecule has 4 nitrogen and oxygen atoms in total.